The van der Waals surface area contributed by atoms with Crippen LogP contribution in [0.5, 0.6) is 0 Å². The zero-order valence-corrected chi connectivity index (χ0v) is 17.8. The van der Waals surface area contributed by atoms with Gasteiger partial charge in [-0.15, -0.1) is 0 Å². The molecule has 3 aromatic rings. The molecule has 0 spiro atoms. The maximum Gasteiger partial charge on any atom is 0.254 e. The van der Waals surface area contributed by atoms with Crippen LogP contribution in [0.3, 0.4) is 0 Å². The standard InChI is InChI=1S/C19H21N9O2S/c1-13-6-18(30)28-14(9-31-19(28)24-13)7-17(29)26-4-2-25(3-5-26)15-8-16(22-11-21-15)27-12-20-10-23-27/h6,8,10-12,14H,2-5,7,9H2,1H3. The number of nitrogens with zero attached hydrogens (tertiary/aromatic N) is 9. The van der Waals surface area contributed by atoms with E-state index in [4.69, 9.17) is 0 Å². The van der Waals surface area contributed by atoms with Crippen LogP contribution in [0.4, 0.5) is 5.82 Å². The number of hydrogen-bond acceptors (Lipinski definition) is 9. The van der Waals surface area contributed by atoms with Crippen LogP contribution in [0.25, 0.3) is 5.82 Å². The van der Waals surface area contributed by atoms with Crippen molar-refractivity contribution < 1.29 is 4.79 Å². The van der Waals surface area contributed by atoms with Gasteiger partial charge in [-0.3, -0.25) is 14.2 Å². The summed E-state index contributed by atoms with van der Waals surface area (Å²) >= 11 is 1.54. The molecule has 2 aliphatic rings. The van der Waals surface area contributed by atoms with Crippen molar-refractivity contribution in [2.24, 2.45) is 0 Å². The highest BCUT2D eigenvalue weighted by molar-refractivity contribution is 7.99. The fourth-order valence-electron chi connectivity index (χ4n) is 3.89. The number of anilines is 1. The smallest absolute Gasteiger partial charge is 0.254 e. The molecule has 0 aliphatic carbocycles. The normalized spacial score (nSPS) is 18.3. The van der Waals surface area contributed by atoms with Gasteiger partial charge >= 0.3 is 0 Å². The summed E-state index contributed by atoms with van der Waals surface area (Å²) < 4.78 is 3.25. The van der Waals surface area contributed by atoms with Crippen LogP contribution >= 0.6 is 11.8 Å². The van der Waals surface area contributed by atoms with Gasteiger partial charge in [0.25, 0.3) is 5.56 Å². The largest absolute Gasteiger partial charge is 0.353 e. The first-order valence-electron chi connectivity index (χ1n) is 10.0. The lowest BCUT2D eigenvalue weighted by molar-refractivity contribution is -0.132. The fourth-order valence-corrected chi connectivity index (χ4v) is 5.09. The third-order valence-electron chi connectivity index (χ3n) is 5.48. The van der Waals surface area contributed by atoms with Crippen LogP contribution in [0, 0.1) is 6.92 Å². The molecule has 160 valence electrons. The Morgan fingerprint density at radius 1 is 1.13 bits per heavy atom. The van der Waals surface area contributed by atoms with Crippen molar-refractivity contribution in [1.82, 2.24) is 39.2 Å². The van der Waals surface area contributed by atoms with E-state index in [1.165, 1.54) is 30.5 Å². The topological polar surface area (TPSA) is 115 Å². The van der Waals surface area contributed by atoms with Crippen LogP contribution in [-0.2, 0) is 4.79 Å². The molecule has 3 aromatic heterocycles. The maximum absolute atomic E-state index is 12.9. The van der Waals surface area contributed by atoms with Gasteiger partial charge in [0.1, 0.15) is 24.8 Å². The Labute approximate surface area is 182 Å². The first-order valence-corrected chi connectivity index (χ1v) is 11.0. The van der Waals surface area contributed by atoms with E-state index in [1.54, 1.807) is 15.6 Å². The van der Waals surface area contributed by atoms with E-state index in [2.05, 4.69) is 29.9 Å². The maximum atomic E-state index is 12.9. The Kier molecular flexibility index (Phi) is 5.14. The van der Waals surface area contributed by atoms with Crippen LogP contribution in [0.15, 0.2) is 41.1 Å². The zero-order chi connectivity index (χ0) is 21.4. The summed E-state index contributed by atoms with van der Waals surface area (Å²) in [7, 11) is 0. The number of thioether (sulfide) groups is 1. The zero-order valence-electron chi connectivity index (χ0n) is 17.0. The van der Waals surface area contributed by atoms with Crippen molar-refractivity contribution in [1.29, 1.82) is 0 Å². The fraction of sp³-hybridized carbons (Fsp3) is 0.421. The number of rotatable bonds is 4. The van der Waals surface area contributed by atoms with E-state index in [0.717, 1.165) is 5.82 Å². The van der Waals surface area contributed by atoms with Crippen molar-refractivity contribution in [3.8, 4) is 5.82 Å². The molecule has 1 atom stereocenters. The Morgan fingerprint density at radius 2 is 1.94 bits per heavy atom. The Morgan fingerprint density at radius 3 is 2.71 bits per heavy atom. The number of fused-ring (bicyclic) bond motifs is 1. The summed E-state index contributed by atoms with van der Waals surface area (Å²) in [5.74, 6) is 2.20. The molecule has 0 saturated carbocycles. The van der Waals surface area contributed by atoms with E-state index >= 15 is 0 Å². The van der Waals surface area contributed by atoms with Crippen molar-refractivity contribution in [3.63, 3.8) is 0 Å². The molecule has 11 nitrogen and oxygen atoms in total. The van der Waals surface area contributed by atoms with Gasteiger partial charge in [-0.1, -0.05) is 11.8 Å². The Bertz CT molecular complexity index is 1160. The predicted molar refractivity (Wildman–Crippen MR) is 113 cm³/mol. The molecule has 0 bridgehead atoms. The third-order valence-corrected chi connectivity index (χ3v) is 6.57. The molecule has 5 rings (SSSR count). The lowest BCUT2D eigenvalue weighted by atomic mass is 10.2. The molecule has 12 heteroatoms. The Hall–Kier alpha value is -3.28. The molecule has 1 amide bonds. The highest BCUT2D eigenvalue weighted by Gasteiger charge is 2.30. The minimum Gasteiger partial charge on any atom is -0.353 e. The lowest BCUT2D eigenvalue weighted by Gasteiger charge is -2.35. The van der Waals surface area contributed by atoms with E-state index in [-0.39, 0.29) is 17.5 Å². The number of aryl methyl sites for hydroxylation is 1. The number of aromatic nitrogens is 7. The second-order valence-electron chi connectivity index (χ2n) is 7.50. The summed E-state index contributed by atoms with van der Waals surface area (Å²) in [6.45, 7) is 4.38. The number of piperazine rings is 1. The molecule has 1 fully saturated rings. The van der Waals surface area contributed by atoms with Gasteiger partial charge in [-0.2, -0.15) is 5.10 Å². The van der Waals surface area contributed by atoms with E-state index in [1.807, 2.05) is 17.9 Å². The van der Waals surface area contributed by atoms with E-state index in [0.29, 0.717) is 55.0 Å². The van der Waals surface area contributed by atoms with Crippen LogP contribution in [0.1, 0.15) is 18.2 Å². The first kappa shape index (κ1) is 19.7. The number of carbonyl (C=O) groups excluding carboxylic acids is 1. The van der Waals surface area contributed by atoms with Gasteiger partial charge in [0.05, 0.1) is 6.04 Å². The summed E-state index contributed by atoms with van der Waals surface area (Å²) in [5.41, 5.74) is 0.630. The van der Waals surface area contributed by atoms with Crippen molar-refractivity contribution in [2.75, 3.05) is 36.8 Å². The minimum atomic E-state index is -0.141. The molecule has 0 N–H and O–H groups in total. The van der Waals surface area contributed by atoms with Crippen molar-refractivity contribution in [2.45, 2.75) is 24.5 Å². The van der Waals surface area contributed by atoms with Gasteiger partial charge in [0.2, 0.25) is 5.91 Å². The molecule has 31 heavy (non-hydrogen) atoms. The van der Waals surface area contributed by atoms with Crippen molar-refractivity contribution >= 4 is 23.5 Å². The second kappa shape index (κ2) is 8.10. The molecule has 1 unspecified atom stereocenters. The highest BCUT2D eigenvalue weighted by atomic mass is 32.2. The second-order valence-corrected chi connectivity index (χ2v) is 8.49. The molecular formula is C19H21N9O2S. The molecule has 5 heterocycles. The van der Waals surface area contributed by atoms with E-state index in [9.17, 15) is 9.59 Å². The number of amides is 1. The summed E-state index contributed by atoms with van der Waals surface area (Å²) in [5, 5.41) is 4.81. The molecule has 0 aromatic carbocycles. The van der Waals surface area contributed by atoms with Crippen LogP contribution in [0.2, 0.25) is 0 Å². The highest BCUT2D eigenvalue weighted by Crippen LogP contribution is 2.32. The van der Waals surface area contributed by atoms with Gasteiger partial charge in [-0.05, 0) is 6.92 Å². The summed E-state index contributed by atoms with van der Waals surface area (Å²) in [4.78, 5) is 46.2. The molecular weight excluding hydrogens is 418 g/mol. The molecule has 2 aliphatic heterocycles. The Balaban J connectivity index is 1.22. The average Bonchev–Trinajstić information content (AvgIpc) is 3.44. The van der Waals surface area contributed by atoms with Gasteiger partial charge in [-0.25, -0.2) is 24.6 Å². The van der Waals surface area contributed by atoms with Crippen LogP contribution in [-0.4, -0.2) is 77.0 Å². The van der Waals surface area contributed by atoms with Gasteiger partial charge in [0, 0.05) is 56.2 Å². The third kappa shape index (κ3) is 3.90. The summed E-state index contributed by atoms with van der Waals surface area (Å²) in [6.07, 6.45) is 4.87. The first-order chi connectivity index (χ1) is 15.1. The minimum absolute atomic E-state index is 0.0663. The molecule has 1 saturated heterocycles. The van der Waals surface area contributed by atoms with Crippen LogP contribution < -0.4 is 10.5 Å². The number of hydrogen-bond donors (Lipinski definition) is 0. The van der Waals surface area contributed by atoms with Gasteiger partial charge in [0.15, 0.2) is 11.0 Å². The number of carbonyl (C=O) groups is 1. The lowest BCUT2D eigenvalue weighted by Crippen LogP contribution is -2.49. The van der Waals surface area contributed by atoms with E-state index < -0.39 is 0 Å². The van der Waals surface area contributed by atoms with Gasteiger partial charge < -0.3 is 9.80 Å². The monoisotopic (exact) mass is 439 g/mol. The SMILES string of the molecule is Cc1cc(=O)n2c(n1)SCC2CC(=O)N1CCN(c2cc(-n3cncn3)ncn2)CC1. The van der Waals surface area contributed by atoms with Crippen molar-refractivity contribution in [3.05, 3.63) is 47.2 Å². The summed E-state index contributed by atoms with van der Waals surface area (Å²) in [6, 6.07) is 3.25. The predicted octanol–water partition coefficient (Wildman–Crippen LogP) is 0.308. The quantitative estimate of drug-likeness (QED) is 0.530. The molecule has 0 radical (unpaired) electrons. The average molecular weight is 440 g/mol.